The van der Waals surface area contributed by atoms with Crippen LogP contribution in [0.4, 0.5) is 10.1 Å². The summed E-state index contributed by atoms with van der Waals surface area (Å²) in [5, 5.41) is 11.4. The number of anilines is 1. The number of carboxylic acid groups (broad SMARTS) is 1. The Bertz CT molecular complexity index is 500. The van der Waals surface area contributed by atoms with E-state index in [0.29, 0.717) is 0 Å². The molecule has 1 amide bonds. The Hall–Kier alpha value is -1.37. The van der Waals surface area contributed by atoms with Gasteiger partial charge in [-0.15, -0.1) is 12.4 Å². The van der Waals surface area contributed by atoms with Crippen molar-refractivity contribution in [3.8, 4) is 0 Å². The molecule has 0 aliphatic rings. The highest BCUT2D eigenvalue weighted by Gasteiger charge is 2.19. The molecule has 5 nitrogen and oxygen atoms in total. The number of carboxylic acids is 1. The second-order valence-electron chi connectivity index (χ2n) is 4.10. The van der Waals surface area contributed by atoms with Crippen molar-refractivity contribution in [1.82, 2.24) is 4.90 Å². The van der Waals surface area contributed by atoms with Crippen molar-refractivity contribution in [3.05, 3.63) is 29.0 Å². The first-order chi connectivity index (χ1) is 8.81. The van der Waals surface area contributed by atoms with Gasteiger partial charge in [0, 0.05) is 0 Å². The maximum Gasteiger partial charge on any atom is 0.320 e. The average Bonchev–Trinajstić information content (AvgIpc) is 2.31. The SMILES string of the molecule is CC(C(=O)O)N(C)CC(=O)Nc1ccc(F)cc1Cl.Cl. The van der Waals surface area contributed by atoms with Gasteiger partial charge in [0.1, 0.15) is 11.9 Å². The molecule has 0 radical (unpaired) electrons. The van der Waals surface area contributed by atoms with Crippen LogP contribution in [0.5, 0.6) is 0 Å². The Morgan fingerprint density at radius 1 is 1.50 bits per heavy atom. The molecule has 0 spiro atoms. The van der Waals surface area contributed by atoms with E-state index in [9.17, 15) is 14.0 Å². The van der Waals surface area contributed by atoms with Crippen LogP contribution in [0.1, 0.15) is 6.92 Å². The van der Waals surface area contributed by atoms with Crippen molar-refractivity contribution in [1.29, 1.82) is 0 Å². The summed E-state index contributed by atoms with van der Waals surface area (Å²) in [6.45, 7) is 1.36. The van der Waals surface area contributed by atoms with Gasteiger partial charge in [-0.2, -0.15) is 0 Å². The molecule has 0 aromatic heterocycles. The van der Waals surface area contributed by atoms with Crippen molar-refractivity contribution in [3.63, 3.8) is 0 Å². The van der Waals surface area contributed by atoms with Crippen LogP contribution in [0.25, 0.3) is 0 Å². The number of carbonyl (C=O) groups excluding carboxylic acids is 1. The van der Waals surface area contributed by atoms with E-state index in [0.717, 1.165) is 6.07 Å². The van der Waals surface area contributed by atoms with Gasteiger partial charge in [0.05, 0.1) is 17.3 Å². The van der Waals surface area contributed by atoms with E-state index in [2.05, 4.69) is 5.32 Å². The molecular weight excluding hydrogens is 310 g/mol. The predicted molar refractivity (Wildman–Crippen MR) is 77.0 cm³/mol. The third-order valence-corrected chi connectivity index (χ3v) is 2.93. The van der Waals surface area contributed by atoms with E-state index in [-0.39, 0.29) is 29.7 Å². The first-order valence-corrected chi connectivity index (χ1v) is 5.87. The quantitative estimate of drug-likeness (QED) is 0.871. The van der Waals surface area contributed by atoms with Crippen LogP contribution in [-0.2, 0) is 9.59 Å². The second-order valence-corrected chi connectivity index (χ2v) is 4.51. The van der Waals surface area contributed by atoms with Gasteiger partial charge in [-0.05, 0) is 32.2 Å². The number of nitrogens with one attached hydrogen (secondary N) is 1. The number of likely N-dealkylation sites (N-methyl/N-ethyl adjacent to an activating group) is 1. The summed E-state index contributed by atoms with van der Waals surface area (Å²) in [6, 6.07) is 2.82. The number of amides is 1. The fourth-order valence-corrected chi connectivity index (χ4v) is 1.55. The average molecular weight is 325 g/mol. The first-order valence-electron chi connectivity index (χ1n) is 5.49. The lowest BCUT2D eigenvalue weighted by atomic mass is 10.3. The summed E-state index contributed by atoms with van der Waals surface area (Å²) >= 11 is 5.76. The van der Waals surface area contributed by atoms with Crippen molar-refractivity contribution >= 4 is 41.6 Å². The fraction of sp³-hybridized carbons (Fsp3) is 0.333. The lowest BCUT2D eigenvalue weighted by Crippen LogP contribution is -2.40. The van der Waals surface area contributed by atoms with Crippen molar-refractivity contribution in [2.24, 2.45) is 0 Å². The first kappa shape index (κ1) is 18.6. The summed E-state index contributed by atoms with van der Waals surface area (Å²) in [4.78, 5) is 23.8. The number of benzene rings is 1. The Labute approximate surface area is 127 Å². The molecule has 0 fully saturated rings. The Morgan fingerprint density at radius 2 is 2.10 bits per heavy atom. The number of rotatable bonds is 5. The number of hydrogen-bond donors (Lipinski definition) is 2. The maximum atomic E-state index is 12.8. The standard InChI is InChI=1S/C12H14ClFN2O3.ClH/c1-7(12(18)19)16(2)6-11(17)15-10-4-3-8(14)5-9(10)13;/h3-5,7H,6H2,1-2H3,(H,15,17)(H,18,19);1H. The van der Waals surface area contributed by atoms with Gasteiger partial charge < -0.3 is 10.4 Å². The topological polar surface area (TPSA) is 69.6 Å². The van der Waals surface area contributed by atoms with E-state index in [4.69, 9.17) is 16.7 Å². The molecule has 112 valence electrons. The van der Waals surface area contributed by atoms with Crippen LogP contribution < -0.4 is 5.32 Å². The molecule has 2 N–H and O–H groups in total. The van der Waals surface area contributed by atoms with E-state index >= 15 is 0 Å². The molecule has 1 aromatic carbocycles. The zero-order valence-corrected chi connectivity index (χ0v) is 12.5. The molecule has 0 saturated heterocycles. The maximum absolute atomic E-state index is 12.8. The lowest BCUT2D eigenvalue weighted by Gasteiger charge is -2.20. The smallest absolute Gasteiger partial charge is 0.320 e. The summed E-state index contributed by atoms with van der Waals surface area (Å²) in [5.74, 6) is -1.95. The van der Waals surface area contributed by atoms with Gasteiger partial charge >= 0.3 is 5.97 Å². The summed E-state index contributed by atoms with van der Waals surface area (Å²) in [6.07, 6.45) is 0. The zero-order valence-electron chi connectivity index (χ0n) is 10.9. The fourth-order valence-electron chi connectivity index (χ4n) is 1.33. The van der Waals surface area contributed by atoms with Gasteiger partial charge in [0.2, 0.25) is 5.91 Å². The number of carbonyl (C=O) groups is 2. The second kappa shape index (κ2) is 8.04. The highest BCUT2D eigenvalue weighted by atomic mass is 35.5. The van der Waals surface area contributed by atoms with Gasteiger partial charge in [0.15, 0.2) is 0 Å². The molecule has 0 saturated carbocycles. The van der Waals surface area contributed by atoms with Crippen molar-refractivity contribution in [2.45, 2.75) is 13.0 Å². The lowest BCUT2D eigenvalue weighted by molar-refractivity contribution is -0.142. The summed E-state index contributed by atoms with van der Waals surface area (Å²) in [7, 11) is 1.52. The highest BCUT2D eigenvalue weighted by Crippen LogP contribution is 2.22. The van der Waals surface area contributed by atoms with E-state index < -0.39 is 23.7 Å². The third kappa shape index (κ3) is 5.32. The van der Waals surface area contributed by atoms with Crippen LogP contribution in [0, 0.1) is 5.82 Å². The molecule has 20 heavy (non-hydrogen) atoms. The highest BCUT2D eigenvalue weighted by molar-refractivity contribution is 6.33. The van der Waals surface area contributed by atoms with Crippen molar-refractivity contribution < 1.29 is 19.1 Å². The van der Waals surface area contributed by atoms with E-state index in [1.54, 1.807) is 0 Å². The van der Waals surface area contributed by atoms with Gasteiger partial charge in [0.25, 0.3) is 0 Å². The Balaban J connectivity index is 0.00000361. The molecule has 1 rings (SSSR count). The molecular formula is C12H15Cl2FN2O3. The minimum atomic E-state index is -1.02. The molecule has 0 aliphatic carbocycles. The molecule has 0 aliphatic heterocycles. The molecule has 1 aromatic rings. The number of nitrogens with zero attached hydrogens (tertiary/aromatic N) is 1. The summed E-state index contributed by atoms with van der Waals surface area (Å²) in [5.41, 5.74) is 0.282. The van der Waals surface area contributed by atoms with Crippen LogP contribution in [0.3, 0.4) is 0 Å². The Morgan fingerprint density at radius 3 is 2.60 bits per heavy atom. The molecule has 8 heteroatoms. The zero-order chi connectivity index (χ0) is 14.6. The third-order valence-electron chi connectivity index (χ3n) is 2.62. The van der Waals surface area contributed by atoms with Crippen molar-refractivity contribution in [2.75, 3.05) is 18.9 Å². The van der Waals surface area contributed by atoms with E-state index in [1.807, 2.05) is 0 Å². The molecule has 0 bridgehead atoms. The van der Waals surface area contributed by atoms with Crippen LogP contribution in [0.2, 0.25) is 5.02 Å². The minimum absolute atomic E-state index is 0. The van der Waals surface area contributed by atoms with Crippen LogP contribution in [0.15, 0.2) is 18.2 Å². The minimum Gasteiger partial charge on any atom is -0.480 e. The van der Waals surface area contributed by atoms with Crippen LogP contribution in [-0.4, -0.2) is 41.5 Å². The van der Waals surface area contributed by atoms with Gasteiger partial charge in [-0.25, -0.2) is 4.39 Å². The Kier molecular flexibility index (Phi) is 7.49. The molecule has 1 unspecified atom stereocenters. The van der Waals surface area contributed by atoms with Gasteiger partial charge in [-0.1, -0.05) is 11.6 Å². The van der Waals surface area contributed by atoms with Gasteiger partial charge in [-0.3, -0.25) is 14.5 Å². The van der Waals surface area contributed by atoms with Crippen LogP contribution >= 0.6 is 24.0 Å². The largest absolute Gasteiger partial charge is 0.480 e. The monoisotopic (exact) mass is 324 g/mol. The molecule has 0 heterocycles. The number of halogens is 3. The van der Waals surface area contributed by atoms with E-state index in [1.165, 1.54) is 31.0 Å². The normalized spacial score (nSPS) is 11.7. The number of aliphatic carboxylic acids is 1. The predicted octanol–water partition coefficient (Wildman–Crippen LogP) is 2.24. The summed E-state index contributed by atoms with van der Waals surface area (Å²) < 4.78 is 12.8. The number of hydrogen-bond acceptors (Lipinski definition) is 3. The molecule has 1 atom stereocenters.